The zero-order valence-electron chi connectivity index (χ0n) is 14.7. The third kappa shape index (κ3) is 7.24. The first kappa shape index (κ1) is 20.5. The van der Waals surface area contributed by atoms with Gasteiger partial charge in [0.25, 0.3) is 0 Å². The number of likely N-dealkylation sites (N-methyl/N-ethyl adjacent to an activating group) is 2. The predicted octanol–water partition coefficient (Wildman–Crippen LogP) is 1.12. The molecule has 1 aliphatic heterocycles. The van der Waals surface area contributed by atoms with Crippen molar-refractivity contribution in [2.24, 2.45) is 10.9 Å². The van der Waals surface area contributed by atoms with Gasteiger partial charge in [-0.25, -0.2) is 4.99 Å². The second kappa shape index (κ2) is 10.3. The molecule has 1 saturated carbocycles. The van der Waals surface area contributed by atoms with E-state index in [1.165, 1.54) is 32.2 Å². The fourth-order valence-electron chi connectivity index (χ4n) is 2.78. The van der Waals surface area contributed by atoms with E-state index in [9.17, 15) is 4.79 Å². The minimum absolute atomic E-state index is 0. The summed E-state index contributed by atoms with van der Waals surface area (Å²) >= 11 is 0. The number of halogens is 1. The van der Waals surface area contributed by atoms with E-state index in [1.54, 1.807) is 19.0 Å². The van der Waals surface area contributed by atoms with E-state index in [4.69, 9.17) is 0 Å². The molecule has 0 aromatic rings. The molecule has 0 radical (unpaired) electrons. The lowest BCUT2D eigenvalue weighted by Gasteiger charge is -2.24. The van der Waals surface area contributed by atoms with Crippen LogP contribution in [0, 0.1) is 5.92 Å². The monoisotopic (exact) mass is 437 g/mol. The molecule has 2 fully saturated rings. The number of carbonyl (C=O) groups excluding carboxylic acids is 1. The standard InChI is InChI=1S/C16H31N5O.HI/c1-4-21-9-5-6-14(21)11-18-16(17-10-13-7-8-13)19-12-15(22)20(2)3;/h13-14H,4-12H2,1-3H3,(H2,17,18,19);1H. The molecule has 1 aliphatic carbocycles. The van der Waals surface area contributed by atoms with E-state index in [2.05, 4.69) is 27.4 Å². The van der Waals surface area contributed by atoms with Crippen molar-refractivity contribution in [3.8, 4) is 0 Å². The lowest BCUT2D eigenvalue weighted by molar-refractivity contribution is -0.127. The normalized spacial score (nSPS) is 21.7. The van der Waals surface area contributed by atoms with Crippen LogP contribution in [-0.2, 0) is 4.79 Å². The topological polar surface area (TPSA) is 60.0 Å². The van der Waals surface area contributed by atoms with Crippen LogP contribution in [0.25, 0.3) is 0 Å². The van der Waals surface area contributed by atoms with Crippen LogP contribution in [0.5, 0.6) is 0 Å². The summed E-state index contributed by atoms with van der Waals surface area (Å²) in [6, 6.07) is 0.586. The van der Waals surface area contributed by atoms with Gasteiger partial charge in [0, 0.05) is 33.2 Å². The Bertz CT molecular complexity index is 398. The van der Waals surface area contributed by atoms with Gasteiger partial charge in [-0.15, -0.1) is 24.0 Å². The summed E-state index contributed by atoms with van der Waals surface area (Å²) in [5.74, 6) is 1.60. The molecule has 2 aliphatic rings. The van der Waals surface area contributed by atoms with Gasteiger partial charge in [0.1, 0.15) is 6.54 Å². The van der Waals surface area contributed by atoms with E-state index >= 15 is 0 Å². The lowest BCUT2D eigenvalue weighted by atomic mass is 10.2. The molecule has 0 spiro atoms. The third-order valence-corrected chi connectivity index (χ3v) is 4.54. The Balaban J connectivity index is 0.00000264. The van der Waals surface area contributed by atoms with Crippen LogP contribution in [0.4, 0.5) is 0 Å². The smallest absolute Gasteiger partial charge is 0.243 e. The third-order valence-electron chi connectivity index (χ3n) is 4.54. The minimum atomic E-state index is 0. The maximum atomic E-state index is 11.7. The fourth-order valence-corrected chi connectivity index (χ4v) is 2.78. The Labute approximate surface area is 157 Å². The minimum Gasteiger partial charge on any atom is -0.356 e. The second-order valence-corrected chi connectivity index (χ2v) is 6.58. The van der Waals surface area contributed by atoms with Gasteiger partial charge >= 0.3 is 0 Å². The maximum Gasteiger partial charge on any atom is 0.243 e. The SMILES string of the molecule is CCN1CCCC1CNC(=NCC(=O)N(C)C)NCC1CC1.I. The molecule has 134 valence electrons. The van der Waals surface area contributed by atoms with Crippen LogP contribution in [0.15, 0.2) is 4.99 Å². The van der Waals surface area contributed by atoms with Gasteiger partial charge < -0.3 is 15.5 Å². The molecule has 1 saturated heterocycles. The number of likely N-dealkylation sites (tertiary alicyclic amines) is 1. The molecule has 1 atom stereocenters. The second-order valence-electron chi connectivity index (χ2n) is 6.58. The van der Waals surface area contributed by atoms with Gasteiger partial charge in [-0.2, -0.15) is 0 Å². The summed E-state index contributed by atoms with van der Waals surface area (Å²) in [5, 5.41) is 6.81. The highest BCUT2D eigenvalue weighted by atomic mass is 127. The number of hydrogen-bond donors (Lipinski definition) is 2. The molecular weight excluding hydrogens is 405 g/mol. The molecule has 1 amide bonds. The van der Waals surface area contributed by atoms with Crippen LogP contribution in [-0.4, -0.2) is 74.5 Å². The van der Waals surface area contributed by atoms with Gasteiger partial charge in [-0.05, 0) is 44.7 Å². The molecule has 2 N–H and O–H groups in total. The molecule has 7 heteroatoms. The molecule has 0 bridgehead atoms. The molecule has 6 nitrogen and oxygen atoms in total. The number of nitrogens with one attached hydrogen (secondary N) is 2. The van der Waals surface area contributed by atoms with Gasteiger partial charge in [0.2, 0.25) is 5.91 Å². The van der Waals surface area contributed by atoms with Crippen molar-refractivity contribution < 1.29 is 4.79 Å². The van der Waals surface area contributed by atoms with Crippen molar-refractivity contribution >= 4 is 35.8 Å². The highest BCUT2D eigenvalue weighted by Crippen LogP contribution is 2.27. The molecule has 23 heavy (non-hydrogen) atoms. The number of guanidine groups is 1. The number of carbonyl (C=O) groups is 1. The zero-order chi connectivity index (χ0) is 15.9. The van der Waals surface area contributed by atoms with E-state index in [-0.39, 0.29) is 36.4 Å². The molecule has 2 rings (SSSR count). The van der Waals surface area contributed by atoms with Crippen molar-refractivity contribution in [3.63, 3.8) is 0 Å². The summed E-state index contributed by atoms with van der Waals surface area (Å²) in [6.45, 7) is 6.59. The van der Waals surface area contributed by atoms with Crippen molar-refractivity contribution in [1.29, 1.82) is 0 Å². The Morgan fingerprint density at radius 3 is 2.52 bits per heavy atom. The van der Waals surface area contributed by atoms with E-state index in [0.29, 0.717) is 6.04 Å². The number of aliphatic imine (C=N–C) groups is 1. The van der Waals surface area contributed by atoms with Crippen molar-refractivity contribution in [2.75, 3.05) is 46.8 Å². The van der Waals surface area contributed by atoms with Gasteiger partial charge in [-0.3, -0.25) is 9.69 Å². The van der Waals surface area contributed by atoms with Crippen LogP contribution in [0.1, 0.15) is 32.6 Å². The highest BCUT2D eigenvalue weighted by Gasteiger charge is 2.24. The number of hydrogen-bond acceptors (Lipinski definition) is 3. The van der Waals surface area contributed by atoms with E-state index < -0.39 is 0 Å². The van der Waals surface area contributed by atoms with Crippen molar-refractivity contribution in [1.82, 2.24) is 20.4 Å². The highest BCUT2D eigenvalue weighted by molar-refractivity contribution is 14.0. The van der Waals surface area contributed by atoms with Gasteiger partial charge in [0.15, 0.2) is 5.96 Å². The fraction of sp³-hybridized carbons (Fsp3) is 0.875. The number of rotatable bonds is 7. The average Bonchev–Trinajstić information content (AvgIpc) is 3.22. The first-order valence-electron chi connectivity index (χ1n) is 8.56. The maximum absolute atomic E-state index is 11.7. The number of amides is 1. The number of nitrogens with zero attached hydrogens (tertiary/aromatic N) is 3. The molecule has 0 aromatic heterocycles. The summed E-state index contributed by atoms with van der Waals surface area (Å²) in [4.78, 5) is 20.2. The van der Waals surface area contributed by atoms with Crippen LogP contribution in [0.3, 0.4) is 0 Å². The zero-order valence-corrected chi connectivity index (χ0v) is 17.0. The average molecular weight is 437 g/mol. The Morgan fingerprint density at radius 2 is 1.91 bits per heavy atom. The van der Waals surface area contributed by atoms with Gasteiger partial charge in [0.05, 0.1) is 0 Å². The summed E-state index contributed by atoms with van der Waals surface area (Å²) in [7, 11) is 3.53. The van der Waals surface area contributed by atoms with Crippen LogP contribution < -0.4 is 10.6 Å². The van der Waals surface area contributed by atoms with Gasteiger partial charge in [-0.1, -0.05) is 6.92 Å². The largest absolute Gasteiger partial charge is 0.356 e. The predicted molar refractivity (Wildman–Crippen MR) is 105 cm³/mol. The first-order valence-corrected chi connectivity index (χ1v) is 8.56. The molecular formula is C16H32IN5O. The summed E-state index contributed by atoms with van der Waals surface area (Å²) in [6.07, 6.45) is 5.14. The van der Waals surface area contributed by atoms with Crippen molar-refractivity contribution in [3.05, 3.63) is 0 Å². The van der Waals surface area contributed by atoms with E-state index in [1.807, 2.05) is 0 Å². The summed E-state index contributed by atoms with van der Waals surface area (Å²) in [5.41, 5.74) is 0. The molecule has 1 heterocycles. The van der Waals surface area contributed by atoms with Crippen LogP contribution >= 0.6 is 24.0 Å². The Hall–Kier alpha value is -0.570. The van der Waals surface area contributed by atoms with Crippen molar-refractivity contribution in [2.45, 2.75) is 38.6 Å². The Kier molecular flexibility index (Phi) is 9.19. The quantitative estimate of drug-likeness (QED) is 0.356. The summed E-state index contributed by atoms with van der Waals surface area (Å²) < 4.78 is 0. The molecule has 1 unspecified atom stereocenters. The Morgan fingerprint density at radius 1 is 1.22 bits per heavy atom. The first-order chi connectivity index (χ1) is 10.6. The van der Waals surface area contributed by atoms with Crippen LogP contribution in [0.2, 0.25) is 0 Å². The lowest BCUT2D eigenvalue weighted by Crippen LogP contribution is -2.45. The van der Waals surface area contributed by atoms with E-state index in [0.717, 1.165) is 31.5 Å². The molecule has 0 aromatic carbocycles.